The first-order valence-electron chi connectivity index (χ1n) is 10.2. The molecule has 0 bridgehead atoms. The number of amides is 1. The van der Waals surface area contributed by atoms with E-state index >= 15 is 0 Å². The lowest BCUT2D eigenvalue weighted by molar-refractivity contribution is -0.120. The Kier molecular flexibility index (Phi) is 6.90. The summed E-state index contributed by atoms with van der Waals surface area (Å²) >= 11 is 5.39. The Balaban J connectivity index is 1.41. The van der Waals surface area contributed by atoms with Gasteiger partial charge in [-0.2, -0.15) is 0 Å². The van der Waals surface area contributed by atoms with Crippen LogP contribution in [0, 0.1) is 0 Å². The fourth-order valence-corrected chi connectivity index (χ4v) is 3.58. The quantitative estimate of drug-likeness (QED) is 0.356. The molecule has 1 amide bonds. The minimum atomic E-state index is -0.459. The third-order valence-corrected chi connectivity index (χ3v) is 5.06. The van der Waals surface area contributed by atoms with Gasteiger partial charge in [0.2, 0.25) is 5.91 Å². The van der Waals surface area contributed by atoms with Crippen LogP contribution in [-0.2, 0) is 4.79 Å². The van der Waals surface area contributed by atoms with Crippen LogP contribution in [0.25, 0.3) is 0 Å². The molecule has 0 heterocycles. The molecule has 5 heteroatoms. The number of ether oxygens (including phenoxy) is 1. The summed E-state index contributed by atoms with van der Waals surface area (Å²) in [4.78, 5) is 13.1. The summed E-state index contributed by atoms with van der Waals surface area (Å²) in [5.41, 5.74) is 2.56. The molecule has 0 fully saturated rings. The van der Waals surface area contributed by atoms with E-state index in [2.05, 4.69) is 10.6 Å². The summed E-state index contributed by atoms with van der Waals surface area (Å²) < 4.78 is 5.80. The summed E-state index contributed by atoms with van der Waals surface area (Å²) in [6.45, 7) is 0. The highest BCUT2D eigenvalue weighted by molar-refractivity contribution is 7.80. The minimum absolute atomic E-state index is 0.191. The largest absolute Gasteiger partial charge is 0.457 e. The van der Waals surface area contributed by atoms with Crippen LogP contribution in [0.4, 0.5) is 5.69 Å². The van der Waals surface area contributed by atoms with Crippen LogP contribution < -0.4 is 15.4 Å². The molecule has 4 aromatic rings. The third-order valence-electron chi connectivity index (χ3n) is 4.86. The highest BCUT2D eigenvalue weighted by Crippen LogP contribution is 2.25. The average molecular weight is 439 g/mol. The van der Waals surface area contributed by atoms with E-state index in [1.165, 1.54) is 0 Å². The molecule has 4 aromatic carbocycles. The Morgan fingerprint density at radius 1 is 0.656 bits per heavy atom. The SMILES string of the molecule is O=C(NC(=S)Nc1ccc(Oc2ccccc2)cc1)C(c1ccccc1)c1ccccc1. The predicted molar refractivity (Wildman–Crippen MR) is 132 cm³/mol. The van der Waals surface area contributed by atoms with Gasteiger partial charge in [0.15, 0.2) is 5.11 Å². The molecule has 158 valence electrons. The van der Waals surface area contributed by atoms with Gasteiger partial charge in [0.25, 0.3) is 0 Å². The normalized spacial score (nSPS) is 10.4. The molecule has 4 nitrogen and oxygen atoms in total. The molecule has 0 aliphatic heterocycles. The average Bonchev–Trinajstić information content (AvgIpc) is 2.82. The first kappa shape index (κ1) is 21.3. The van der Waals surface area contributed by atoms with Gasteiger partial charge in [0, 0.05) is 5.69 Å². The van der Waals surface area contributed by atoms with E-state index in [1.807, 2.05) is 115 Å². The second kappa shape index (κ2) is 10.4. The molecule has 4 rings (SSSR count). The van der Waals surface area contributed by atoms with E-state index in [0.717, 1.165) is 22.6 Å². The van der Waals surface area contributed by atoms with Crippen molar-refractivity contribution in [2.24, 2.45) is 0 Å². The van der Waals surface area contributed by atoms with Gasteiger partial charge in [0.05, 0.1) is 5.92 Å². The standard InChI is InChI=1S/C27H22N2O2S/c30-26(25(20-10-4-1-5-11-20)21-12-6-2-7-13-21)29-27(32)28-22-16-18-24(19-17-22)31-23-14-8-3-9-15-23/h1-19,25H,(H2,28,29,30,32). The molecule has 0 spiro atoms. The van der Waals surface area contributed by atoms with Crippen molar-refractivity contribution in [2.75, 3.05) is 5.32 Å². The summed E-state index contributed by atoms with van der Waals surface area (Å²) in [6, 6.07) is 36.3. The predicted octanol–water partition coefficient (Wildman–Crippen LogP) is 6.12. The molecule has 0 aromatic heterocycles. The monoisotopic (exact) mass is 438 g/mol. The van der Waals surface area contributed by atoms with E-state index in [0.29, 0.717) is 5.75 Å². The molecule has 0 saturated carbocycles. The maximum Gasteiger partial charge on any atom is 0.238 e. The van der Waals surface area contributed by atoms with E-state index in [1.54, 1.807) is 0 Å². The van der Waals surface area contributed by atoms with Crippen molar-refractivity contribution in [3.63, 3.8) is 0 Å². The fraction of sp³-hybridized carbons (Fsp3) is 0.0370. The number of nitrogens with one attached hydrogen (secondary N) is 2. The van der Waals surface area contributed by atoms with Crippen molar-refractivity contribution in [3.05, 3.63) is 126 Å². The van der Waals surface area contributed by atoms with Crippen LogP contribution in [0.3, 0.4) is 0 Å². The Bertz CT molecular complexity index is 1130. The van der Waals surface area contributed by atoms with E-state index in [9.17, 15) is 4.79 Å². The zero-order chi connectivity index (χ0) is 22.2. The van der Waals surface area contributed by atoms with Crippen molar-refractivity contribution in [3.8, 4) is 11.5 Å². The molecule has 0 aliphatic rings. The molecular formula is C27H22N2O2S. The Hall–Kier alpha value is -3.96. The van der Waals surface area contributed by atoms with Gasteiger partial charge in [-0.05, 0) is 59.7 Å². The topological polar surface area (TPSA) is 50.4 Å². The van der Waals surface area contributed by atoms with Crippen molar-refractivity contribution >= 4 is 28.9 Å². The van der Waals surface area contributed by atoms with Gasteiger partial charge in [0.1, 0.15) is 11.5 Å². The Labute approximate surface area is 192 Å². The van der Waals surface area contributed by atoms with Crippen LogP contribution >= 0.6 is 12.2 Å². The summed E-state index contributed by atoms with van der Waals surface area (Å²) in [6.07, 6.45) is 0. The molecule has 0 radical (unpaired) electrons. The fourth-order valence-electron chi connectivity index (χ4n) is 3.36. The molecule has 0 unspecified atom stereocenters. The van der Waals surface area contributed by atoms with Crippen molar-refractivity contribution in [1.82, 2.24) is 5.32 Å². The number of thiocarbonyl (C=S) groups is 1. The number of anilines is 1. The molecule has 0 atom stereocenters. The van der Waals surface area contributed by atoms with Crippen LogP contribution in [0.2, 0.25) is 0 Å². The maximum absolute atomic E-state index is 13.1. The first-order valence-corrected chi connectivity index (χ1v) is 10.6. The number of para-hydroxylation sites is 1. The van der Waals surface area contributed by atoms with Gasteiger partial charge in [-0.1, -0.05) is 78.9 Å². The smallest absolute Gasteiger partial charge is 0.238 e. The maximum atomic E-state index is 13.1. The van der Waals surface area contributed by atoms with Crippen molar-refractivity contribution < 1.29 is 9.53 Å². The lowest BCUT2D eigenvalue weighted by atomic mass is 9.90. The van der Waals surface area contributed by atoms with Crippen LogP contribution in [0.5, 0.6) is 11.5 Å². The van der Waals surface area contributed by atoms with Crippen LogP contribution in [0.1, 0.15) is 17.0 Å². The Morgan fingerprint density at radius 2 is 1.12 bits per heavy atom. The van der Waals surface area contributed by atoms with E-state index in [4.69, 9.17) is 17.0 Å². The van der Waals surface area contributed by atoms with Crippen LogP contribution in [0.15, 0.2) is 115 Å². The highest BCUT2D eigenvalue weighted by atomic mass is 32.1. The van der Waals surface area contributed by atoms with E-state index in [-0.39, 0.29) is 11.0 Å². The first-order chi connectivity index (χ1) is 15.7. The third kappa shape index (κ3) is 5.59. The number of rotatable bonds is 6. The summed E-state index contributed by atoms with van der Waals surface area (Å²) in [5.74, 6) is 0.830. The zero-order valence-electron chi connectivity index (χ0n) is 17.3. The summed E-state index contributed by atoms with van der Waals surface area (Å²) in [7, 11) is 0. The summed E-state index contributed by atoms with van der Waals surface area (Å²) in [5, 5.41) is 6.14. The van der Waals surface area contributed by atoms with Crippen molar-refractivity contribution in [2.45, 2.75) is 5.92 Å². The second-order valence-corrected chi connectivity index (χ2v) is 7.55. The number of hydrogen-bond donors (Lipinski definition) is 2. The van der Waals surface area contributed by atoms with Gasteiger partial charge < -0.3 is 15.4 Å². The van der Waals surface area contributed by atoms with Crippen LogP contribution in [-0.4, -0.2) is 11.0 Å². The highest BCUT2D eigenvalue weighted by Gasteiger charge is 2.23. The van der Waals surface area contributed by atoms with Gasteiger partial charge in [-0.15, -0.1) is 0 Å². The molecule has 2 N–H and O–H groups in total. The van der Waals surface area contributed by atoms with E-state index < -0.39 is 5.92 Å². The molecule has 0 saturated heterocycles. The zero-order valence-corrected chi connectivity index (χ0v) is 18.1. The molecule has 0 aliphatic carbocycles. The molecule has 32 heavy (non-hydrogen) atoms. The van der Waals surface area contributed by atoms with Gasteiger partial charge in [-0.3, -0.25) is 4.79 Å². The number of benzene rings is 4. The second-order valence-electron chi connectivity index (χ2n) is 7.14. The molecular weight excluding hydrogens is 416 g/mol. The van der Waals surface area contributed by atoms with Gasteiger partial charge >= 0.3 is 0 Å². The van der Waals surface area contributed by atoms with Gasteiger partial charge in [-0.25, -0.2) is 0 Å². The Morgan fingerprint density at radius 3 is 1.66 bits per heavy atom. The number of hydrogen-bond acceptors (Lipinski definition) is 3. The van der Waals surface area contributed by atoms with Crippen molar-refractivity contribution in [1.29, 1.82) is 0 Å². The number of carbonyl (C=O) groups is 1. The lowest BCUT2D eigenvalue weighted by Crippen LogP contribution is -2.37. The number of carbonyl (C=O) groups excluding carboxylic acids is 1. The lowest BCUT2D eigenvalue weighted by Gasteiger charge is -2.18. The minimum Gasteiger partial charge on any atom is -0.457 e.